The van der Waals surface area contributed by atoms with Crippen molar-refractivity contribution in [3.8, 4) is 17.7 Å². The number of aliphatic hydroxyl groups is 1. The summed E-state index contributed by atoms with van der Waals surface area (Å²) >= 11 is 3.59. The third-order valence-corrected chi connectivity index (χ3v) is 6.02. The third kappa shape index (κ3) is 4.13. The lowest BCUT2D eigenvalue weighted by atomic mass is 9.75. The molecule has 0 radical (unpaired) electrons. The molecule has 9 heteroatoms. The second kappa shape index (κ2) is 8.27. The molecule has 1 saturated heterocycles. The van der Waals surface area contributed by atoms with Crippen LogP contribution in [-0.4, -0.2) is 38.5 Å². The summed E-state index contributed by atoms with van der Waals surface area (Å²) in [5.74, 6) is 1.19. The highest BCUT2D eigenvalue weighted by Gasteiger charge is 2.35. The zero-order valence-corrected chi connectivity index (χ0v) is 17.2. The van der Waals surface area contributed by atoms with Crippen LogP contribution in [0.2, 0.25) is 0 Å². The number of hydrogen-bond donors (Lipinski definition) is 1. The maximum absolute atomic E-state index is 9.88. The maximum atomic E-state index is 9.88. The van der Waals surface area contributed by atoms with Gasteiger partial charge in [0, 0.05) is 17.6 Å². The summed E-state index contributed by atoms with van der Waals surface area (Å²) in [7, 11) is 0. The van der Waals surface area contributed by atoms with Gasteiger partial charge in [-0.3, -0.25) is 0 Å². The monoisotopic (exact) mass is 454 g/mol. The average Bonchev–Trinajstić information content (AvgIpc) is 3.25. The van der Waals surface area contributed by atoms with E-state index in [-0.39, 0.29) is 23.7 Å². The normalized spacial score (nSPS) is 15.8. The molecule has 1 aliphatic rings. The van der Waals surface area contributed by atoms with Crippen LogP contribution in [-0.2, 0) is 13.0 Å². The van der Waals surface area contributed by atoms with Gasteiger partial charge in [0.25, 0.3) is 5.89 Å². The number of hydrogen-bond acceptors (Lipinski definition) is 8. The minimum Gasteiger partial charge on any atom is -0.388 e. The number of nitriles is 1. The van der Waals surface area contributed by atoms with Gasteiger partial charge in [0.05, 0.1) is 11.5 Å². The molecule has 0 atom stereocenters. The summed E-state index contributed by atoms with van der Waals surface area (Å²) in [5, 5.41) is 31.0. The Labute approximate surface area is 176 Å². The average molecular weight is 455 g/mol. The zero-order valence-electron chi connectivity index (χ0n) is 15.6. The second-order valence-corrected chi connectivity index (χ2v) is 7.95. The van der Waals surface area contributed by atoms with E-state index in [2.05, 4.69) is 53.3 Å². The van der Waals surface area contributed by atoms with Crippen LogP contribution in [0.25, 0.3) is 11.6 Å². The maximum Gasteiger partial charge on any atom is 0.278 e. The molecule has 1 aliphatic heterocycles. The van der Waals surface area contributed by atoms with Crippen LogP contribution in [0.15, 0.2) is 45.4 Å². The van der Waals surface area contributed by atoms with Crippen molar-refractivity contribution in [3.05, 3.63) is 52.3 Å². The van der Waals surface area contributed by atoms with Gasteiger partial charge in [0.1, 0.15) is 6.61 Å². The van der Waals surface area contributed by atoms with E-state index in [1.54, 1.807) is 6.07 Å². The third-order valence-electron chi connectivity index (χ3n) is 5.25. The molecular formula is C20H19BrN6O2. The molecule has 0 unspecified atom stereocenters. The first-order valence-corrected chi connectivity index (χ1v) is 10.1. The topological polar surface area (TPSA) is 112 Å². The molecular weight excluding hydrogens is 436 g/mol. The molecule has 0 bridgehead atoms. The number of aliphatic hydroxyl groups excluding tert-OH is 1. The van der Waals surface area contributed by atoms with E-state index in [9.17, 15) is 5.26 Å². The van der Waals surface area contributed by atoms with Gasteiger partial charge < -0.3 is 14.5 Å². The van der Waals surface area contributed by atoms with Gasteiger partial charge in [-0.05, 0) is 43.0 Å². The number of piperidine rings is 1. The number of halogens is 1. The molecule has 0 saturated carbocycles. The first-order valence-electron chi connectivity index (χ1n) is 9.30. The summed E-state index contributed by atoms with van der Waals surface area (Å²) in [4.78, 5) is 6.17. The van der Waals surface area contributed by atoms with Crippen LogP contribution in [0.1, 0.15) is 24.2 Å². The molecule has 29 heavy (non-hydrogen) atoms. The lowest BCUT2D eigenvalue weighted by molar-refractivity contribution is 0.264. The Kier molecular flexibility index (Phi) is 5.56. The molecule has 3 aromatic rings. The Morgan fingerprint density at radius 3 is 2.59 bits per heavy atom. The van der Waals surface area contributed by atoms with Crippen molar-refractivity contribution in [2.75, 3.05) is 18.0 Å². The van der Waals surface area contributed by atoms with E-state index in [4.69, 9.17) is 9.63 Å². The minimum atomic E-state index is -0.377. The Bertz CT molecular complexity index is 1020. The van der Waals surface area contributed by atoms with Crippen LogP contribution in [0.3, 0.4) is 0 Å². The van der Waals surface area contributed by atoms with Crippen molar-refractivity contribution in [2.24, 2.45) is 5.41 Å². The van der Waals surface area contributed by atoms with E-state index in [0.29, 0.717) is 5.69 Å². The van der Waals surface area contributed by atoms with Gasteiger partial charge in [0.2, 0.25) is 0 Å². The quantitative estimate of drug-likeness (QED) is 0.625. The van der Waals surface area contributed by atoms with Crippen LogP contribution in [0.4, 0.5) is 5.82 Å². The summed E-state index contributed by atoms with van der Waals surface area (Å²) < 4.78 is 6.10. The minimum absolute atomic E-state index is 0.208. The van der Waals surface area contributed by atoms with Gasteiger partial charge in [-0.1, -0.05) is 39.3 Å². The van der Waals surface area contributed by atoms with Crippen molar-refractivity contribution in [3.63, 3.8) is 0 Å². The van der Waals surface area contributed by atoms with Crippen molar-refractivity contribution in [2.45, 2.75) is 25.9 Å². The van der Waals surface area contributed by atoms with Gasteiger partial charge in [-0.25, -0.2) is 0 Å². The first kappa shape index (κ1) is 19.5. The van der Waals surface area contributed by atoms with Crippen molar-refractivity contribution >= 4 is 21.7 Å². The Morgan fingerprint density at radius 1 is 1.17 bits per heavy atom. The summed E-state index contributed by atoms with van der Waals surface area (Å²) in [6.45, 7) is 1.19. The lowest BCUT2D eigenvalue weighted by Gasteiger charge is -2.38. The van der Waals surface area contributed by atoms with Crippen LogP contribution < -0.4 is 4.90 Å². The molecule has 1 fully saturated rings. The Balaban J connectivity index is 1.43. The highest BCUT2D eigenvalue weighted by Crippen LogP contribution is 2.37. The predicted molar refractivity (Wildman–Crippen MR) is 109 cm³/mol. The lowest BCUT2D eigenvalue weighted by Crippen LogP contribution is -2.41. The van der Waals surface area contributed by atoms with Crippen molar-refractivity contribution in [1.29, 1.82) is 5.26 Å². The van der Waals surface area contributed by atoms with Crippen LogP contribution >= 0.6 is 15.9 Å². The standard InChI is InChI=1S/C20H19BrN6O2/c21-15-4-2-1-3-14(15)11-20(13-22)7-9-27(10-8-20)18-6-5-16(24-25-18)19-23-17(12-28)26-29-19/h1-6,28H,7-12H2. The molecule has 2 aromatic heterocycles. The fraction of sp³-hybridized carbons (Fsp3) is 0.350. The highest BCUT2D eigenvalue weighted by molar-refractivity contribution is 9.10. The number of rotatable bonds is 5. The molecule has 0 spiro atoms. The van der Waals surface area contributed by atoms with E-state index in [1.165, 1.54) is 0 Å². The molecule has 1 N–H and O–H groups in total. The molecule has 4 rings (SSSR count). The number of aromatic nitrogens is 4. The van der Waals surface area contributed by atoms with Crippen LogP contribution in [0.5, 0.6) is 0 Å². The zero-order chi connectivity index (χ0) is 20.3. The SMILES string of the molecule is N#CC1(Cc2ccccc2Br)CCN(c2ccc(-c3nc(CO)no3)nn2)CC1. The largest absolute Gasteiger partial charge is 0.388 e. The van der Waals surface area contributed by atoms with E-state index >= 15 is 0 Å². The van der Waals surface area contributed by atoms with E-state index < -0.39 is 0 Å². The van der Waals surface area contributed by atoms with Gasteiger partial charge in [0.15, 0.2) is 17.3 Å². The van der Waals surface area contributed by atoms with Gasteiger partial charge in [-0.2, -0.15) is 10.2 Å². The number of anilines is 1. The molecule has 148 valence electrons. The summed E-state index contributed by atoms with van der Waals surface area (Å²) in [5.41, 5.74) is 1.24. The summed E-state index contributed by atoms with van der Waals surface area (Å²) in [6.07, 6.45) is 2.25. The van der Waals surface area contributed by atoms with Crippen molar-refractivity contribution in [1.82, 2.24) is 20.3 Å². The number of nitrogens with zero attached hydrogens (tertiary/aromatic N) is 6. The number of benzene rings is 1. The Hall–Kier alpha value is -2.83. The molecule has 8 nitrogen and oxygen atoms in total. The first-order chi connectivity index (χ1) is 14.1. The summed E-state index contributed by atoms with van der Waals surface area (Å²) in [6, 6.07) is 14.3. The smallest absolute Gasteiger partial charge is 0.278 e. The Morgan fingerprint density at radius 2 is 1.97 bits per heavy atom. The second-order valence-electron chi connectivity index (χ2n) is 7.10. The van der Waals surface area contributed by atoms with Crippen molar-refractivity contribution < 1.29 is 9.63 Å². The van der Waals surface area contributed by atoms with Gasteiger partial charge >= 0.3 is 0 Å². The molecule has 1 aromatic carbocycles. The highest BCUT2D eigenvalue weighted by atomic mass is 79.9. The van der Waals surface area contributed by atoms with Gasteiger partial charge in [-0.15, -0.1) is 10.2 Å². The van der Waals surface area contributed by atoms with Crippen LogP contribution in [0, 0.1) is 16.7 Å². The fourth-order valence-corrected chi connectivity index (χ4v) is 3.95. The molecule has 3 heterocycles. The van der Waals surface area contributed by atoms with E-state index in [1.807, 2.05) is 24.3 Å². The van der Waals surface area contributed by atoms with E-state index in [0.717, 1.165) is 48.2 Å². The fourth-order valence-electron chi connectivity index (χ4n) is 3.53. The predicted octanol–water partition coefficient (Wildman–Crippen LogP) is 3.13. The molecule has 0 amide bonds. The molecule has 0 aliphatic carbocycles.